The molecule has 0 radical (unpaired) electrons. The molecule has 0 aliphatic heterocycles. The number of aldehydes is 1. The standard InChI is InChI=1S/C15H11NO2/c1-10-2-5-12(6-3-10)15-13-7-4-11(9-17)8-14(13)16-18-15/h2-9H,1H3. The van der Waals surface area contributed by atoms with Crippen LogP contribution >= 0.6 is 0 Å². The number of carbonyl (C=O) groups is 1. The molecule has 3 nitrogen and oxygen atoms in total. The molecular formula is C15H11NO2. The zero-order chi connectivity index (χ0) is 12.5. The van der Waals surface area contributed by atoms with Gasteiger partial charge in [0.05, 0.1) is 0 Å². The molecule has 3 rings (SSSR count). The molecule has 0 unspecified atom stereocenters. The zero-order valence-corrected chi connectivity index (χ0v) is 9.88. The SMILES string of the molecule is Cc1ccc(-c2onc3cc(C=O)ccc23)cc1. The first-order chi connectivity index (χ1) is 8.78. The minimum Gasteiger partial charge on any atom is -0.355 e. The fourth-order valence-corrected chi connectivity index (χ4v) is 1.95. The average molecular weight is 237 g/mol. The van der Waals surface area contributed by atoms with Crippen LogP contribution in [-0.4, -0.2) is 11.4 Å². The third-order valence-corrected chi connectivity index (χ3v) is 2.95. The van der Waals surface area contributed by atoms with E-state index in [0.29, 0.717) is 11.1 Å². The van der Waals surface area contributed by atoms with Crippen LogP contribution in [0, 0.1) is 6.92 Å². The second kappa shape index (κ2) is 4.11. The fourth-order valence-electron chi connectivity index (χ4n) is 1.95. The van der Waals surface area contributed by atoms with Gasteiger partial charge in [0.1, 0.15) is 11.8 Å². The van der Waals surface area contributed by atoms with Gasteiger partial charge < -0.3 is 4.52 Å². The summed E-state index contributed by atoms with van der Waals surface area (Å²) in [6.07, 6.45) is 0.805. The van der Waals surface area contributed by atoms with E-state index in [-0.39, 0.29) is 0 Å². The van der Waals surface area contributed by atoms with Crippen LogP contribution in [0.4, 0.5) is 0 Å². The lowest BCUT2D eigenvalue weighted by Crippen LogP contribution is -1.79. The molecule has 0 aliphatic carbocycles. The van der Waals surface area contributed by atoms with E-state index in [1.54, 1.807) is 12.1 Å². The molecule has 0 atom stereocenters. The van der Waals surface area contributed by atoms with Crippen LogP contribution in [-0.2, 0) is 0 Å². The van der Waals surface area contributed by atoms with Crippen molar-refractivity contribution in [3.63, 3.8) is 0 Å². The Kier molecular flexibility index (Phi) is 2.45. The van der Waals surface area contributed by atoms with Crippen LogP contribution in [0.2, 0.25) is 0 Å². The summed E-state index contributed by atoms with van der Waals surface area (Å²) >= 11 is 0. The molecule has 2 aromatic carbocycles. The molecule has 18 heavy (non-hydrogen) atoms. The Morgan fingerprint density at radius 3 is 2.61 bits per heavy atom. The van der Waals surface area contributed by atoms with Crippen LogP contribution in [0.3, 0.4) is 0 Å². The van der Waals surface area contributed by atoms with E-state index < -0.39 is 0 Å². The van der Waals surface area contributed by atoms with Gasteiger partial charge in [-0.15, -0.1) is 0 Å². The van der Waals surface area contributed by atoms with Crippen LogP contribution in [0.15, 0.2) is 47.0 Å². The number of hydrogen-bond donors (Lipinski definition) is 0. The van der Waals surface area contributed by atoms with Gasteiger partial charge in [-0.3, -0.25) is 4.79 Å². The molecule has 1 heterocycles. The molecular weight excluding hydrogens is 226 g/mol. The minimum atomic E-state index is 0.603. The Morgan fingerprint density at radius 1 is 1.11 bits per heavy atom. The van der Waals surface area contributed by atoms with Crippen LogP contribution < -0.4 is 0 Å². The van der Waals surface area contributed by atoms with Gasteiger partial charge in [0.25, 0.3) is 0 Å². The predicted molar refractivity (Wildman–Crippen MR) is 69.6 cm³/mol. The molecule has 0 saturated carbocycles. The first-order valence-corrected chi connectivity index (χ1v) is 5.69. The zero-order valence-electron chi connectivity index (χ0n) is 9.88. The molecule has 1 aromatic heterocycles. The summed E-state index contributed by atoms with van der Waals surface area (Å²) < 4.78 is 5.37. The Morgan fingerprint density at radius 2 is 1.89 bits per heavy atom. The summed E-state index contributed by atoms with van der Waals surface area (Å²) in [7, 11) is 0. The van der Waals surface area contributed by atoms with Crippen molar-refractivity contribution in [3.05, 3.63) is 53.6 Å². The van der Waals surface area contributed by atoms with Crippen LogP contribution in [0.1, 0.15) is 15.9 Å². The second-order valence-electron chi connectivity index (χ2n) is 4.27. The van der Waals surface area contributed by atoms with Gasteiger partial charge in [0.2, 0.25) is 0 Å². The summed E-state index contributed by atoms with van der Waals surface area (Å²) in [5, 5.41) is 4.91. The molecule has 3 aromatic rings. The van der Waals surface area contributed by atoms with E-state index in [1.165, 1.54) is 5.56 Å². The maximum atomic E-state index is 10.7. The van der Waals surface area contributed by atoms with Gasteiger partial charge in [-0.2, -0.15) is 0 Å². The number of fused-ring (bicyclic) bond motifs is 1. The van der Waals surface area contributed by atoms with Gasteiger partial charge in [-0.25, -0.2) is 0 Å². The number of rotatable bonds is 2. The fraction of sp³-hybridized carbons (Fsp3) is 0.0667. The molecule has 0 bridgehead atoms. The summed E-state index contributed by atoms with van der Waals surface area (Å²) in [4.78, 5) is 10.7. The van der Waals surface area contributed by atoms with Crippen LogP contribution in [0.5, 0.6) is 0 Å². The van der Waals surface area contributed by atoms with Gasteiger partial charge in [0, 0.05) is 16.5 Å². The van der Waals surface area contributed by atoms with Crippen molar-refractivity contribution in [1.29, 1.82) is 0 Å². The maximum absolute atomic E-state index is 10.7. The first kappa shape index (κ1) is 10.7. The van der Waals surface area contributed by atoms with E-state index in [1.807, 2.05) is 37.3 Å². The summed E-state index contributed by atoms with van der Waals surface area (Å²) in [6.45, 7) is 2.04. The normalized spacial score (nSPS) is 10.7. The Balaban J connectivity index is 2.18. The van der Waals surface area contributed by atoms with Crippen molar-refractivity contribution in [2.45, 2.75) is 6.92 Å². The Labute approximate surface area is 104 Å². The van der Waals surface area contributed by atoms with Gasteiger partial charge >= 0.3 is 0 Å². The highest BCUT2D eigenvalue weighted by atomic mass is 16.5. The molecule has 0 fully saturated rings. The maximum Gasteiger partial charge on any atom is 0.174 e. The molecule has 0 aliphatic rings. The first-order valence-electron chi connectivity index (χ1n) is 5.69. The van der Waals surface area contributed by atoms with Crippen molar-refractivity contribution in [1.82, 2.24) is 5.16 Å². The number of aryl methyl sites for hydroxylation is 1. The number of hydrogen-bond acceptors (Lipinski definition) is 3. The topological polar surface area (TPSA) is 43.1 Å². The average Bonchev–Trinajstić information content (AvgIpc) is 2.82. The van der Waals surface area contributed by atoms with E-state index in [4.69, 9.17) is 4.52 Å². The van der Waals surface area contributed by atoms with Crippen molar-refractivity contribution in [2.24, 2.45) is 0 Å². The monoisotopic (exact) mass is 237 g/mol. The molecule has 3 heteroatoms. The smallest absolute Gasteiger partial charge is 0.174 e. The lowest BCUT2D eigenvalue weighted by atomic mass is 10.1. The van der Waals surface area contributed by atoms with Crippen LogP contribution in [0.25, 0.3) is 22.2 Å². The highest BCUT2D eigenvalue weighted by molar-refractivity contribution is 5.94. The quantitative estimate of drug-likeness (QED) is 0.639. The number of aromatic nitrogens is 1. The van der Waals surface area contributed by atoms with Crippen molar-refractivity contribution in [3.8, 4) is 11.3 Å². The highest BCUT2D eigenvalue weighted by Crippen LogP contribution is 2.29. The lowest BCUT2D eigenvalue weighted by Gasteiger charge is -1.97. The number of carbonyl (C=O) groups excluding carboxylic acids is 1. The second-order valence-corrected chi connectivity index (χ2v) is 4.27. The summed E-state index contributed by atoms with van der Waals surface area (Å²) in [5.41, 5.74) is 3.49. The summed E-state index contributed by atoms with van der Waals surface area (Å²) in [5.74, 6) is 0.738. The third-order valence-electron chi connectivity index (χ3n) is 2.95. The van der Waals surface area contributed by atoms with E-state index in [0.717, 1.165) is 23.0 Å². The lowest BCUT2D eigenvalue weighted by molar-refractivity contribution is 0.112. The molecule has 88 valence electrons. The number of benzene rings is 2. The molecule has 0 amide bonds. The molecule has 0 spiro atoms. The molecule has 0 saturated heterocycles. The third kappa shape index (κ3) is 1.70. The highest BCUT2D eigenvalue weighted by Gasteiger charge is 2.10. The van der Waals surface area contributed by atoms with Gasteiger partial charge in [-0.05, 0) is 19.1 Å². The van der Waals surface area contributed by atoms with Crippen molar-refractivity contribution < 1.29 is 9.32 Å². The number of nitrogens with zero attached hydrogens (tertiary/aromatic N) is 1. The van der Waals surface area contributed by atoms with Gasteiger partial charge in [-0.1, -0.05) is 41.1 Å². The van der Waals surface area contributed by atoms with E-state index in [2.05, 4.69) is 5.16 Å². The van der Waals surface area contributed by atoms with Gasteiger partial charge in [0.15, 0.2) is 5.76 Å². The predicted octanol–water partition coefficient (Wildman–Crippen LogP) is 3.62. The Bertz CT molecular complexity index is 711. The minimum absolute atomic E-state index is 0.603. The summed E-state index contributed by atoms with van der Waals surface area (Å²) in [6, 6.07) is 13.4. The van der Waals surface area contributed by atoms with Crippen molar-refractivity contribution in [2.75, 3.05) is 0 Å². The van der Waals surface area contributed by atoms with E-state index >= 15 is 0 Å². The van der Waals surface area contributed by atoms with Crippen molar-refractivity contribution >= 4 is 17.2 Å². The molecule has 0 N–H and O–H groups in total. The largest absolute Gasteiger partial charge is 0.355 e. The Hall–Kier alpha value is -2.42. The van der Waals surface area contributed by atoms with E-state index in [9.17, 15) is 4.79 Å².